The van der Waals surface area contributed by atoms with Crippen molar-refractivity contribution in [3.63, 3.8) is 0 Å². The van der Waals surface area contributed by atoms with Gasteiger partial charge in [-0.2, -0.15) is 0 Å². The Balaban J connectivity index is 1.88. The third kappa shape index (κ3) is 4.04. The van der Waals surface area contributed by atoms with Gasteiger partial charge in [0, 0.05) is 18.2 Å². The van der Waals surface area contributed by atoms with Gasteiger partial charge in [-0.05, 0) is 36.8 Å². The normalized spacial score (nSPS) is 25.7. The van der Waals surface area contributed by atoms with E-state index >= 15 is 0 Å². The lowest BCUT2D eigenvalue weighted by Gasteiger charge is -2.37. The van der Waals surface area contributed by atoms with Gasteiger partial charge in [0.2, 0.25) is 0 Å². The van der Waals surface area contributed by atoms with E-state index in [1.807, 2.05) is 30.3 Å². The van der Waals surface area contributed by atoms with Gasteiger partial charge in [-0.15, -0.1) is 0 Å². The van der Waals surface area contributed by atoms with Crippen LogP contribution in [-0.2, 0) is 4.79 Å². The van der Waals surface area contributed by atoms with Gasteiger partial charge in [-0.25, -0.2) is 9.37 Å². The second kappa shape index (κ2) is 7.04. The van der Waals surface area contributed by atoms with Gasteiger partial charge >= 0.3 is 5.97 Å². The molecule has 0 radical (unpaired) electrons. The first-order chi connectivity index (χ1) is 12.0. The highest BCUT2D eigenvalue weighted by atomic mass is 19.1. The molecule has 1 aromatic carbocycles. The van der Waals surface area contributed by atoms with Crippen molar-refractivity contribution >= 4 is 5.97 Å². The Kier molecular flexibility index (Phi) is 4.82. The molecule has 1 unspecified atom stereocenters. The molecule has 0 amide bonds. The lowest BCUT2D eigenvalue weighted by molar-refractivity contribution is -0.145. The summed E-state index contributed by atoms with van der Waals surface area (Å²) in [6.07, 6.45) is 2.13. The topological polar surface area (TPSA) is 70.4 Å². The van der Waals surface area contributed by atoms with Gasteiger partial charge in [-0.1, -0.05) is 36.3 Å². The molecule has 2 N–H and O–H groups in total. The number of nitrogens with zero attached hydrogens (tertiary/aromatic N) is 1. The molecule has 1 aromatic heterocycles. The van der Waals surface area contributed by atoms with Crippen molar-refractivity contribution in [1.29, 1.82) is 0 Å². The molecule has 5 heteroatoms. The van der Waals surface area contributed by atoms with Crippen molar-refractivity contribution in [2.75, 3.05) is 0 Å². The van der Waals surface area contributed by atoms with Crippen LogP contribution in [0.1, 0.15) is 36.4 Å². The number of aliphatic carboxylic acids is 1. The minimum Gasteiger partial charge on any atom is -0.481 e. The molecule has 1 fully saturated rings. The van der Waals surface area contributed by atoms with Crippen LogP contribution in [0.15, 0.2) is 48.7 Å². The van der Waals surface area contributed by atoms with E-state index in [1.165, 1.54) is 18.3 Å². The molecule has 0 saturated heterocycles. The third-order valence-electron chi connectivity index (χ3n) is 4.60. The molecule has 0 spiro atoms. The average Bonchev–Trinajstić information content (AvgIpc) is 2.61. The Morgan fingerprint density at radius 2 is 2.04 bits per heavy atom. The summed E-state index contributed by atoms with van der Waals surface area (Å²) in [6, 6.07) is 11.7. The summed E-state index contributed by atoms with van der Waals surface area (Å²) in [4.78, 5) is 15.6. The van der Waals surface area contributed by atoms with Crippen LogP contribution < -0.4 is 0 Å². The molecule has 1 aliphatic rings. The van der Waals surface area contributed by atoms with E-state index in [9.17, 15) is 19.4 Å². The van der Waals surface area contributed by atoms with Crippen LogP contribution in [0, 0.1) is 23.6 Å². The quantitative estimate of drug-likeness (QED) is 0.825. The lowest BCUT2D eigenvalue weighted by atomic mass is 9.69. The number of hydrogen-bond donors (Lipinski definition) is 2. The van der Waals surface area contributed by atoms with E-state index in [1.54, 1.807) is 0 Å². The fraction of sp³-hybridized carbons (Fsp3) is 0.300. The van der Waals surface area contributed by atoms with E-state index in [4.69, 9.17) is 0 Å². The summed E-state index contributed by atoms with van der Waals surface area (Å²) in [6.45, 7) is 0. The predicted molar refractivity (Wildman–Crippen MR) is 90.2 cm³/mol. The van der Waals surface area contributed by atoms with Gasteiger partial charge < -0.3 is 10.2 Å². The number of halogens is 1. The van der Waals surface area contributed by atoms with Crippen molar-refractivity contribution in [2.45, 2.75) is 30.8 Å². The molecule has 0 bridgehead atoms. The number of benzene rings is 1. The molecular formula is C20H18FNO3. The molecule has 128 valence electrons. The number of aliphatic hydroxyl groups is 1. The van der Waals surface area contributed by atoms with Crippen LogP contribution in [-0.4, -0.2) is 26.8 Å². The van der Waals surface area contributed by atoms with Crippen LogP contribution in [0.4, 0.5) is 4.39 Å². The summed E-state index contributed by atoms with van der Waals surface area (Å²) in [7, 11) is 0. The second-order valence-electron chi connectivity index (χ2n) is 6.35. The van der Waals surface area contributed by atoms with Crippen LogP contribution in [0.25, 0.3) is 0 Å². The molecule has 4 nitrogen and oxygen atoms in total. The van der Waals surface area contributed by atoms with E-state index in [0.717, 1.165) is 5.56 Å². The summed E-state index contributed by atoms with van der Waals surface area (Å²) >= 11 is 0. The maximum Gasteiger partial charge on any atom is 0.307 e. The fourth-order valence-corrected chi connectivity index (χ4v) is 3.32. The monoisotopic (exact) mass is 339 g/mol. The highest BCUT2D eigenvalue weighted by molar-refractivity contribution is 5.71. The van der Waals surface area contributed by atoms with Crippen molar-refractivity contribution < 1.29 is 19.4 Å². The maximum atomic E-state index is 13.2. The molecule has 3 rings (SSSR count). The van der Waals surface area contributed by atoms with Crippen molar-refractivity contribution in [2.24, 2.45) is 5.92 Å². The molecule has 1 heterocycles. The Labute approximate surface area is 145 Å². The first kappa shape index (κ1) is 17.1. The smallest absolute Gasteiger partial charge is 0.307 e. The molecule has 1 saturated carbocycles. The van der Waals surface area contributed by atoms with Crippen molar-refractivity contribution in [1.82, 2.24) is 4.98 Å². The number of pyridine rings is 1. The van der Waals surface area contributed by atoms with Gasteiger partial charge in [-0.3, -0.25) is 4.79 Å². The number of hydrogen-bond acceptors (Lipinski definition) is 3. The number of carboxylic acid groups (broad SMARTS) is 1. The first-order valence-electron chi connectivity index (χ1n) is 8.12. The van der Waals surface area contributed by atoms with E-state index < -0.39 is 23.3 Å². The van der Waals surface area contributed by atoms with E-state index in [2.05, 4.69) is 16.8 Å². The molecule has 25 heavy (non-hydrogen) atoms. The standard InChI is InChI=1S/C20H18FNO3/c21-15-8-11-22-16(12-15)6-9-20(25)10-7-17(19(23)24)18(13-20)14-4-2-1-3-5-14/h1-5,8,11-12,17-18,25H,7,10,13H2,(H,23,24)/t17-,18+,20?/m1/s1. The zero-order valence-corrected chi connectivity index (χ0v) is 13.5. The number of aromatic nitrogens is 1. The maximum absolute atomic E-state index is 13.2. The number of carbonyl (C=O) groups is 1. The minimum absolute atomic E-state index is 0.219. The van der Waals surface area contributed by atoms with E-state index in [0.29, 0.717) is 6.42 Å². The molecule has 1 aliphatic carbocycles. The van der Waals surface area contributed by atoms with Crippen molar-refractivity contribution in [3.8, 4) is 11.8 Å². The van der Waals surface area contributed by atoms with Crippen LogP contribution in [0.3, 0.4) is 0 Å². The zero-order valence-electron chi connectivity index (χ0n) is 13.5. The molecule has 3 atom stereocenters. The second-order valence-corrected chi connectivity index (χ2v) is 6.35. The third-order valence-corrected chi connectivity index (χ3v) is 4.60. The number of carboxylic acids is 1. The summed E-state index contributed by atoms with van der Waals surface area (Å²) in [5.74, 6) is 3.31. The van der Waals surface area contributed by atoms with Gasteiger partial charge in [0.1, 0.15) is 17.1 Å². The largest absolute Gasteiger partial charge is 0.481 e. The van der Waals surface area contributed by atoms with Gasteiger partial charge in [0.25, 0.3) is 0 Å². The molecule has 0 aliphatic heterocycles. The first-order valence-corrected chi connectivity index (χ1v) is 8.12. The Hall–Kier alpha value is -2.71. The van der Waals surface area contributed by atoms with Crippen molar-refractivity contribution in [3.05, 3.63) is 65.7 Å². The Bertz CT molecular complexity index is 828. The minimum atomic E-state index is -1.32. The van der Waals surface area contributed by atoms with E-state index in [-0.39, 0.29) is 24.5 Å². The van der Waals surface area contributed by atoms with Gasteiger partial charge in [0.05, 0.1) is 5.92 Å². The molecule has 2 aromatic rings. The number of rotatable bonds is 2. The fourth-order valence-electron chi connectivity index (χ4n) is 3.32. The molecular weight excluding hydrogens is 321 g/mol. The zero-order chi connectivity index (χ0) is 17.9. The Morgan fingerprint density at radius 1 is 1.28 bits per heavy atom. The summed E-state index contributed by atoms with van der Waals surface area (Å²) in [5, 5.41) is 20.4. The predicted octanol–water partition coefficient (Wildman–Crippen LogP) is 2.97. The Morgan fingerprint density at radius 3 is 2.72 bits per heavy atom. The van der Waals surface area contributed by atoms with Crippen LogP contribution >= 0.6 is 0 Å². The highest BCUT2D eigenvalue weighted by Crippen LogP contribution is 2.42. The lowest BCUT2D eigenvalue weighted by Crippen LogP contribution is -2.39. The van der Waals surface area contributed by atoms with Crippen LogP contribution in [0.5, 0.6) is 0 Å². The van der Waals surface area contributed by atoms with Gasteiger partial charge in [0.15, 0.2) is 0 Å². The average molecular weight is 339 g/mol. The van der Waals surface area contributed by atoms with Crippen LogP contribution in [0.2, 0.25) is 0 Å². The highest BCUT2D eigenvalue weighted by Gasteiger charge is 2.42. The summed E-state index contributed by atoms with van der Waals surface area (Å²) < 4.78 is 13.2. The summed E-state index contributed by atoms with van der Waals surface area (Å²) in [5.41, 5.74) is -0.204. The SMILES string of the molecule is O=C(O)[C@@H]1CCC(O)(C#Cc2cc(F)ccn2)C[C@H]1c1ccccc1.